The average molecular weight is 477 g/mol. The number of nitrogens with zero attached hydrogens (tertiary/aromatic N) is 3. The van der Waals surface area contributed by atoms with Gasteiger partial charge in [0.05, 0.1) is 31.4 Å². The number of hydrogen-bond acceptors (Lipinski definition) is 8. The maximum atomic E-state index is 13.1. The highest BCUT2D eigenvalue weighted by molar-refractivity contribution is 6.08. The van der Waals surface area contributed by atoms with Gasteiger partial charge < -0.3 is 29.2 Å². The van der Waals surface area contributed by atoms with Gasteiger partial charge in [-0.1, -0.05) is 18.2 Å². The number of fused-ring (bicyclic) bond motifs is 2. The van der Waals surface area contributed by atoms with E-state index < -0.39 is 5.97 Å². The highest BCUT2D eigenvalue weighted by Gasteiger charge is 2.26. The lowest BCUT2D eigenvalue weighted by Gasteiger charge is -2.12. The fourth-order valence-corrected chi connectivity index (χ4v) is 4.44. The minimum Gasteiger partial charge on any atom is -0.493 e. The zero-order chi connectivity index (χ0) is 24.4. The molecule has 182 valence electrons. The maximum absolute atomic E-state index is 13.1. The van der Waals surface area contributed by atoms with Crippen molar-refractivity contribution in [2.24, 2.45) is 0 Å². The van der Waals surface area contributed by atoms with Crippen LogP contribution < -0.4 is 15.2 Å². The second-order valence-corrected chi connectivity index (χ2v) is 8.47. The van der Waals surface area contributed by atoms with E-state index in [1.807, 2.05) is 47.0 Å². The predicted molar refractivity (Wildman–Crippen MR) is 132 cm³/mol. The van der Waals surface area contributed by atoms with Crippen molar-refractivity contribution in [3.8, 4) is 11.5 Å². The number of esters is 1. The van der Waals surface area contributed by atoms with Gasteiger partial charge in [-0.15, -0.1) is 0 Å². The van der Waals surface area contributed by atoms with Gasteiger partial charge in [0.15, 0.2) is 17.1 Å². The van der Waals surface area contributed by atoms with Crippen LogP contribution in [0.15, 0.2) is 42.5 Å². The van der Waals surface area contributed by atoms with E-state index in [9.17, 15) is 4.79 Å². The van der Waals surface area contributed by atoms with Crippen LogP contribution in [-0.4, -0.2) is 54.0 Å². The largest absolute Gasteiger partial charge is 0.493 e. The first kappa shape index (κ1) is 22.9. The molecule has 2 aromatic heterocycles. The van der Waals surface area contributed by atoms with Gasteiger partial charge in [-0.25, -0.2) is 14.8 Å². The Labute approximate surface area is 202 Å². The number of rotatable bonds is 8. The topological polar surface area (TPSA) is 111 Å². The van der Waals surface area contributed by atoms with Crippen LogP contribution in [0.2, 0.25) is 0 Å². The van der Waals surface area contributed by atoms with E-state index in [1.165, 1.54) is 0 Å². The summed E-state index contributed by atoms with van der Waals surface area (Å²) < 4.78 is 23.8. The van der Waals surface area contributed by atoms with Gasteiger partial charge in [0.2, 0.25) is 0 Å². The van der Waals surface area contributed by atoms with Gasteiger partial charge in [-0.3, -0.25) is 0 Å². The third kappa shape index (κ3) is 4.46. The van der Waals surface area contributed by atoms with Crippen LogP contribution in [-0.2, 0) is 22.4 Å². The second-order valence-electron chi connectivity index (χ2n) is 8.47. The summed E-state index contributed by atoms with van der Waals surface area (Å²) in [5.74, 6) is 1.08. The SMILES string of the molecule is COc1ccc(CCn2c(N)c(C(=O)OC[C@@H]3CCCO3)c3nc4ccccc4nc32)cc1OC. The van der Waals surface area contributed by atoms with Crippen molar-refractivity contribution in [1.82, 2.24) is 14.5 Å². The molecule has 0 aliphatic carbocycles. The van der Waals surface area contributed by atoms with E-state index in [1.54, 1.807) is 14.2 Å². The number of nitrogens with two attached hydrogens (primary N) is 1. The number of benzene rings is 2. The lowest BCUT2D eigenvalue weighted by Crippen LogP contribution is -2.18. The van der Waals surface area contributed by atoms with Crippen molar-refractivity contribution in [3.63, 3.8) is 0 Å². The van der Waals surface area contributed by atoms with Crippen molar-refractivity contribution in [1.29, 1.82) is 0 Å². The molecule has 3 heterocycles. The normalized spacial score (nSPS) is 15.5. The first-order chi connectivity index (χ1) is 17.1. The third-order valence-corrected chi connectivity index (χ3v) is 6.29. The molecule has 1 aliphatic heterocycles. The quantitative estimate of drug-likeness (QED) is 0.383. The first-order valence-corrected chi connectivity index (χ1v) is 11.6. The Morgan fingerprint density at radius 2 is 1.89 bits per heavy atom. The number of carbonyl (C=O) groups excluding carboxylic acids is 1. The molecule has 0 amide bonds. The van der Waals surface area contributed by atoms with Gasteiger partial charge in [-0.2, -0.15) is 0 Å². The van der Waals surface area contributed by atoms with Crippen molar-refractivity contribution in [2.75, 3.05) is 33.2 Å². The second kappa shape index (κ2) is 9.79. The number of aryl methyl sites for hydroxylation is 2. The summed E-state index contributed by atoms with van der Waals surface area (Å²) >= 11 is 0. The Morgan fingerprint density at radius 3 is 2.60 bits per heavy atom. The van der Waals surface area contributed by atoms with Crippen molar-refractivity contribution >= 4 is 34.0 Å². The van der Waals surface area contributed by atoms with Gasteiger partial charge in [-0.05, 0) is 49.1 Å². The van der Waals surface area contributed by atoms with Crippen LogP contribution in [0.3, 0.4) is 0 Å². The number of anilines is 1. The van der Waals surface area contributed by atoms with Crippen molar-refractivity contribution in [2.45, 2.75) is 31.9 Å². The monoisotopic (exact) mass is 476 g/mol. The molecule has 35 heavy (non-hydrogen) atoms. The lowest BCUT2D eigenvalue weighted by molar-refractivity contribution is 0.0163. The smallest absolute Gasteiger partial charge is 0.344 e. The van der Waals surface area contributed by atoms with Crippen LogP contribution in [0.1, 0.15) is 28.8 Å². The fraction of sp³-hybridized carbons (Fsp3) is 0.346. The summed E-state index contributed by atoms with van der Waals surface area (Å²) in [6.45, 7) is 1.37. The summed E-state index contributed by atoms with van der Waals surface area (Å²) in [7, 11) is 3.21. The molecule has 2 N–H and O–H groups in total. The Bertz CT molecular complexity index is 1380. The van der Waals surface area contributed by atoms with Crippen LogP contribution in [0, 0.1) is 0 Å². The summed E-state index contributed by atoms with van der Waals surface area (Å²) in [6, 6.07) is 13.3. The molecule has 1 saturated heterocycles. The number of nitrogen functional groups attached to an aromatic ring is 1. The molecular weight excluding hydrogens is 448 g/mol. The number of methoxy groups -OCH3 is 2. The molecule has 1 atom stereocenters. The van der Waals surface area contributed by atoms with Crippen LogP contribution in [0.4, 0.5) is 5.82 Å². The molecule has 1 aliphatic rings. The Kier molecular flexibility index (Phi) is 6.41. The first-order valence-electron chi connectivity index (χ1n) is 11.6. The van der Waals surface area contributed by atoms with E-state index in [-0.39, 0.29) is 24.1 Å². The molecular formula is C26H28N4O5. The summed E-state index contributed by atoms with van der Waals surface area (Å²) in [5.41, 5.74) is 10.2. The summed E-state index contributed by atoms with van der Waals surface area (Å²) in [4.78, 5) is 22.7. The van der Waals surface area contributed by atoms with Gasteiger partial charge in [0, 0.05) is 13.2 Å². The molecule has 0 radical (unpaired) electrons. The standard InChI is InChI=1S/C26H28N4O5/c1-32-20-10-9-16(14-21(20)33-2)11-12-30-24(27)22(26(31)35-15-17-6-5-13-34-17)23-25(30)29-19-8-4-3-7-18(19)28-23/h3-4,7-10,14,17H,5-6,11-13,15,27H2,1-2H3/t17-/m0/s1. The lowest BCUT2D eigenvalue weighted by atomic mass is 10.1. The number of hydrogen-bond donors (Lipinski definition) is 1. The Morgan fingerprint density at radius 1 is 1.11 bits per heavy atom. The van der Waals surface area contributed by atoms with Gasteiger partial charge >= 0.3 is 5.97 Å². The molecule has 4 aromatic rings. The van der Waals surface area contributed by atoms with Crippen LogP contribution in [0.25, 0.3) is 22.2 Å². The number of para-hydroxylation sites is 2. The van der Waals surface area contributed by atoms with Crippen molar-refractivity contribution < 1.29 is 23.7 Å². The maximum Gasteiger partial charge on any atom is 0.344 e. The third-order valence-electron chi connectivity index (χ3n) is 6.29. The van der Waals surface area contributed by atoms with E-state index in [2.05, 4.69) is 0 Å². The average Bonchev–Trinajstić information content (AvgIpc) is 3.50. The number of ether oxygens (including phenoxy) is 4. The molecule has 1 fully saturated rings. The molecule has 5 rings (SSSR count). The zero-order valence-electron chi connectivity index (χ0n) is 19.8. The summed E-state index contributed by atoms with van der Waals surface area (Å²) in [6.07, 6.45) is 2.40. The molecule has 0 saturated carbocycles. The predicted octanol–water partition coefficient (Wildman–Crippen LogP) is 3.76. The number of aromatic nitrogens is 3. The van der Waals surface area contributed by atoms with Gasteiger partial charge in [0.25, 0.3) is 0 Å². The van der Waals surface area contributed by atoms with Crippen molar-refractivity contribution in [3.05, 3.63) is 53.6 Å². The summed E-state index contributed by atoms with van der Waals surface area (Å²) in [5, 5.41) is 0. The fourth-order valence-electron chi connectivity index (χ4n) is 4.44. The highest BCUT2D eigenvalue weighted by atomic mass is 16.6. The highest BCUT2D eigenvalue weighted by Crippen LogP contribution is 2.31. The zero-order valence-corrected chi connectivity index (χ0v) is 19.8. The minimum atomic E-state index is -0.516. The molecule has 0 unspecified atom stereocenters. The molecule has 0 bridgehead atoms. The number of carbonyl (C=O) groups is 1. The Balaban J connectivity index is 1.50. The minimum absolute atomic E-state index is 0.0782. The van der Waals surface area contributed by atoms with E-state index in [4.69, 9.17) is 34.6 Å². The van der Waals surface area contributed by atoms with Crippen LogP contribution >= 0.6 is 0 Å². The van der Waals surface area contributed by atoms with E-state index in [0.717, 1.165) is 23.9 Å². The van der Waals surface area contributed by atoms with E-state index in [0.29, 0.717) is 47.8 Å². The van der Waals surface area contributed by atoms with E-state index >= 15 is 0 Å². The molecule has 0 spiro atoms. The molecule has 9 heteroatoms. The Hall–Kier alpha value is -3.85. The van der Waals surface area contributed by atoms with Crippen LogP contribution in [0.5, 0.6) is 11.5 Å². The molecule has 9 nitrogen and oxygen atoms in total. The molecule has 2 aromatic carbocycles. The van der Waals surface area contributed by atoms with Gasteiger partial charge in [0.1, 0.15) is 23.5 Å².